The number of hydrogen-bond acceptors (Lipinski definition) is 7. The van der Waals surface area contributed by atoms with Crippen LogP contribution in [-0.2, 0) is 9.53 Å². The van der Waals surface area contributed by atoms with Crippen molar-refractivity contribution in [3.05, 3.63) is 48.5 Å². The molecule has 2 aromatic carbocycles. The number of rotatable bonds is 8. The third kappa shape index (κ3) is 5.24. The van der Waals surface area contributed by atoms with Crippen LogP contribution in [0, 0.1) is 0 Å². The lowest BCUT2D eigenvalue weighted by atomic mass is 9.98. The van der Waals surface area contributed by atoms with Crippen molar-refractivity contribution in [1.29, 1.82) is 0 Å². The van der Waals surface area contributed by atoms with E-state index >= 15 is 0 Å². The summed E-state index contributed by atoms with van der Waals surface area (Å²) in [5, 5.41) is 9.43. The zero-order valence-electron chi connectivity index (χ0n) is 18.3. The zero-order chi connectivity index (χ0) is 22.3. The monoisotopic (exact) mass is 453 g/mol. The molecular weight excluding hydrogens is 426 g/mol. The molecule has 0 spiro atoms. The molecule has 3 aromatic rings. The minimum Gasteiger partial charge on any atom is -0.497 e. The molecule has 8 heteroatoms. The lowest BCUT2D eigenvalue weighted by molar-refractivity contribution is -0.147. The van der Waals surface area contributed by atoms with Crippen LogP contribution in [0.5, 0.6) is 11.5 Å². The number of hydrogen-bond donors (Lipinski definition) is 0. The van der Waals surface area contributed by atoms with E-state index in [4.69, 9.17) is 14.2 Å². The Bertz CT molecular complexity index is 1030. The smallest absolute Gasteiger partial charge is 0.316 e. The van der Waals surface area contributed by atoms with E-state index in [1.54, 1.807) is 14.2 Å². The lowest BCUT2D eigenvalue weighted by Crippen LogP contribution is -2.22. The highest BCUT2D eigenvalue weighted by Gasteiger charge is 2.21. The second-order valence-corrected chi connectivity index (χ2v) is 8.55. The number of nitrogens with zero attached hydrogens (tertiary/aromatic N) is 3. The van der Waals surface area contributed by atoms with Gasteiger partial charge in [-0.2, -0.15) is 0 Å². The molecule has 0 saturated heterocycles. The standard InChI is InChI=1S/C24H27N3O4S/c1-29-19-12-8-17(9-13-19)23-25-26-24(27(23)18-10-14-20(30-2)15-11-18)32-16-22(28)31-21-6-4-3-5-7-21/h8-15,21H,3-7,16H2,1-2H3. The van der Waals surface area contributed by atoms with Gasteiger partial charge in [0, 0.05) is 11.3 Å². The number of methoxy groups -OCH3 is 2. The molecule has 1 aliphatic carbocycles. The first kappa shape index (κ1) is 22.2. The first-order valence-corrected chi connectivity index (χ1v) is 11.7. The van der Waals surface area contributed by atoms with Crippen LogP contribution >= 0.6 is 11.8 Å². The molecule has 1 heterocycles. The summed E-state index contributed by atoms with van der Waals surface area (Å²) < 4.78 is 18.2. The van der Waals surface area contributed by atoms with Crippen LogP contribution in [0.4, 0.5) is 0 Å². The fourth-order valence-corrected chi connectivity index (χ4v) is 4.52. The third-order valence-electron chi connectivity index (χ3n) is 5.48. The van der Waals surface area contributed by atoms with Gasteiger partial charge in [0.2, 0.25) is 0 Å². The predicted molar refractivity (Wildman–Crippen MR) is 124 cm³/mol. The number of esters is 1. The van der Waals surface area contributed by atoms with Gasteiger partial charge >= 0.3 is 5.97 Å². The molecule has 0 atom stereocenters. The molecule has 0 radical (unpaired) electrons. The van der Waals surface area contributed by atoms with Crippen molar-refractivity contribution >= 4 is 17.7 Å². The van der Waals surface area contributed by atoms with Crippen molar-refractivity contribution in [3.63, 3.8) is 0 Å². The minimum atomic E-state index is -0.211. The van der Waals surface area contributed by atoms with E-state index in [0.717, 1.165) is 48.4 Å². The van der Waals surface area contributed by atoms with Crippen LogP contribution in [0.25, 0.3) is 17.1 Å². The largest absolute Gasteiger partial charge is 0.497 e. The van der Waals surface area contributed by atoms with Crippen LogP contribution in [0.3, 0.4) is 0 Å². The molecule has 0 amide bonds. The maximum atomic E-state index is 12.4. The van der Waals surface area contributed by atoms with Crippen LogP contribution < -0.4 is 9.47 Å². The highest BCUT2D eigenvalue weighted by Crippen LogP contribution is 2.30. The van der Waals surface area contributed by atoms with Gasteiger partial charge in [-0.1, -0.05) is 18.2 Å². The molecule has 1 saturated carbocycles. The van der Waals surface area contributed by atoms with Crippen molar-refractivity contribution in [3.8, 4) is 28.6 Å². The number of thioether (sulfide) groups is 1. The Morgan fingerprint density at radius 2 is 1.56 bits per heavy atom. The molecule has 168 valence electrons. The average molecular weight is 454 g/mol. The lowest BCUT2D eigenvalue weighted by Gasteiger charge is -2.21. The van der Waals surface area contributed by atoms with Crippen molar-refractivity contribution in [2.24, 2.45) is 0 Å². The van der Waals surface area contributed by atoms with Crippen molar-refractivity contribution in [1.82, 2.24) is 14.8 Å². The topological polar surface area (TPSA) is 75.5 Å². The minimum absolute atomic E-state index is 0.0474. The van der Waals surface area contributed by atoms with Crippen LogP contribution in [0.2, 0.25) is 0 Å². The van der Waals surface area contributed by atoms with E-state index < -0.39 is 0 Å². The molecule has 1 aliphatic rings. The number of benzene rings is 2. The summed E-state index contributed by atoms with van der Waals surface area (Å²) >= 11 is 1.33. The van der Waals surface area contributed by atoms with E-state index in [1.165, 1.54) is 18.2 Å². The Balaban J connectivity index is 1.57. The highest BCUT2D eigenvalue weighted by atomic mass is 32.2. The summed E-state index contributed by atoms with van der Waals surface area (Å²) in [5.74, 6) is 2.19. The number of carbonyl (C=O) groups is 1. The van der Waals surface area contributed by atoms with Crippen LogP contribution in [-0.4, -0.2) is 46.8 Å². The highest BCUT2D eigenvalue weighted by molar-refractivity contribution is 7.99. The van der Waals surface area contributed by atoms with E-state index in [0.29, 0.717) is 11.0 Å². The van der Waals surface area contributed by atoms with E-state index in [-0.39, 0.29) is 17.8 Å². The number of aromatic nitrogens is 3. The second kappa shape index (κ2) is 10.5. The summed E-state index contributed by atoms with van der Waals surface area (Å²) in [6, 6.07) is 15.3. The number of carbonyl (C=O) groups excluding carboxylic acids is 1. The van der Waals surface area contributed by atoms with Gasteiger partial charge < -0.3 is 14.2 Å². The average Bonchev–Trinajstić information content (AvgIpc) is 3.27. The van der Waals surface area contributed by atoms with Crippen molar-refractivity contribution in [2.45, 2.75) is 43.4 Å². The molecule has 4 rings (SSSR count). The second-order valence-electron chi connectivity index (χ2n) is 7.61. The van der Waals surface area contributed by atoms with Gasteiger partial charge in [0.25, 0.3) is 0 Å². The number of ether oxygens (including phenoxy) is 3. The van der Waals surface area contributed by atoms with Crippen molar-refractivity contribution in [2.75, 3.05) is 20.0 Å². The molecule has 0 unspecified atom stereocenters. The normalized spacial score (nSPS) is 14.2. The Hall–Kier alpha value is -3.00. The maximum absolute atomic E-state index is 12.4. The van der Waals surface area contributed by atoms with Gasteiger partial charge in [0.1, 0.15) is 17.6 Å². The fourth-order valence-electron chi connectivity index (χ4n) is 3.78. The van der Waals surface area contributed by atoms with Gasteiger partial charge in [0.15, 0.2) is 11.0 Å². The van der Waals surface area contributed by atoms with Gasteiger partial charge in [-0.3, -0.25) is 9.36 Å². The van der Waals surface area contributed by atoms with Crippen LogP contribution in [0.15, 0.2) is 53.7 Å². The third-order valence-corrected chi connectivity index (χ3v) is 6.38. The Morgan fingerprint density at radius 3 is 2.19 bits per heavy atom. The zero-order valence-corrected chi connectivity index (χ0v) is 19.1. The molecule has 0 N–H and O–H groups in total. The van der Waals surface area contributed by atoms with Crippen molar-refractivity contribution < 1.29 is 19.0 Å². The molecule has 0 bridgehead atoms. The molecular formula is C24H27N3O4S. The Kier molecular flexibility index (Phi) is 7.32. The van der Waals surface area contributed by atoms with Gasteiger partial charge in [-0.25, -0.2) is 0 Å². The van der Waals surface area contributed by atoms with E-state index in [2.05, 4.69) is 10.2 Å². The van der Waals surface area contributed by atoms with E-state index in [9.17, 15) is 4.79 Å². The van der Waals surface area contributed by atoms with Crippen LogP contribution in [0.1, 0.15) is 32.1 Å². The summed E-state index contributed by atoms with van der Waals surface area (Å²) in [6.45, 7) is 0. The first-order chi connectivity index (χ1) is 15.7. The summed E-state index contributed by atoms with van der Waals surface area (Å²) in [5.41, 5.74) is 1.77. The molecule has 32 heavy (non-hydrogen) atoms. The molecule has 1 aromatic heterocycles. The first-order valence-electron chi connectivity index (χ1n) is 10.7. The molecule has 0 aliphatic heterocycles. The van der Waals surface area contributed by atoms with Gasteiger partial charge in [-0.05, 0) is 74.2 Å². The predicted octanol–water partition coefficient (Wildman–Crippen LogP) is 4.92. The Labute approximate surface area is 192 Å². The van der Waals surface area contributed by atoms with E-state index in [1.807, 2.05) is 53.1 Å². The molecule has 1 fully saturated rings. The van der Waals surface area contributed by atoms with Gasteiger partial charge in [0.05, 0.1) is 20.0 Å². The fraction of sp³-hybridized carbons (Fsp3) is 0.375. The maximum Gasteiger partial charge on any atom is 0.316 e. The Morgan fingerprint density at radius 1 is 0.938 bits per heavy atom. The summed E-state index contributed by atoms with van der Waals surface area (Å²) in [6.07, 6.45) is 5.44. The molecule has 7 nitrogen and oxygen atoms in total. The summed E-state index contributed by atoms with van der Waals surface area (Å²) in [4.78, 5) is 12.4. The quantitative estimate of drug-likeness (QED) is 0.354. The SMILES string of the molecule is COc1ccc(-c2nnc(SCC(=O)OC3CCCCC3)n2-c2ccc(OC)cc2)cc1. The summed E-state index contributed by atoms with van der Waals surface area (Å²) in [7, 11) is 3.27. The van der Waals surface area contributed by atoms with Gasteiger partial charge in [-0.15, -0.1) is 10.2 Å².